The summed E-state index contributed by atoms with van der Waals surface area (Å²) >= 11 is 0. The first kappa shape index (κ1) is 20.4. The third-order valence-corrected chi connectivity index (χ3v) is 7.95. The first-order valence-corrected chi connectivity index (χ1v) is 12.6. The molecule has 1 aromatic heterocycles. The van der Waals surface area contributed by atoms with Crippen molar-refractivity contribution in [1.82, 2.24) is 4.57 Å². The Labute approximate surface area is 196 Å². The molecule has 2 heterocycles. The summed E-state index contributed by atoms with van der Waals surface area (Å²) in [5, 5.41) is 6.69. The summed E-state index contributed by atoms with van der Waals surface area (Å²) in [6.07, 6.45) is 5.97. The molecule has 2 aliphatic rings. The second-order valence-corrected chi connectivity index (χ2v) is 9.46. The summed E-state index contributed by atoms with van der Waals surface area (Å²) in [6, 6.07) is 23.3. The summed E-state index contributed by atoms with van der Waals surface area (Å²) in [6.45, 7) is 9.78. The van der Waals surface area contributed by atoms with E-state index in [1.165, 1.54) is 44.3 Å². The smallest absolute Gasteiger partial charge is 0.0554 e. The molecule has 3 nitrogen and oxygen atoms in total. The van der Waals surface area contributed by atoms with Gasteiger partial charge in [0, 0.05) is 58.7 Å². The minimum atomic E-state index is 0.324. The van der Waals surface area contributed by atoms with Crippen LogP contribution in [0.4, 0.5) is 11.4 Å². The van der Waals surface area contributed by atoms with Crippen LogP contribution in [0.15, 0.2) is 72.8 Å². The number of rotatable bonds is 5. The van der Waals surface area contributed by atoms with E-state index in [1.54, 1.807) is 0 Å². The second-order valence-electron chi connectivity index (χ2n) is 9.46. The molecule has 6 rings (SSSR count). The third kappa shape index (κ3) is 3.09. The molecule has 4 aromatic rings. The largest absolute Gasteiger partial charge is 0.378 e. The van der Waals surface area contributed by atoms with Crippen molar-refractivity contribution in [3.8, 4) is 0 Å². The number of nitrogens with one attached hydrogen (secondary N) is 1. The molecule has 0 bridgehead atoms. The van der Waals surface area contributed by atoms with Crippen molar-refractivity contribution in [2.45, 2.75) is 45.7 Å². The van der Waals surface area contributed by atoms with Gasteiger partial charge in [-0.25, -0.2) is 0 Å². The summed E-state index contributed by atoms with van der Waals surface area (Å²) in [5.74, 6) is 1.04. The van der Waals surface area contributed by atoms with Gasteiger partial charge in [-0.1, -0.05) is 36.4 Å². The van der Waals surface area contributed by atoms with E-state index in [4.69, 9.17) is 0 Å². The molecule has 0 radical (unpaired) electrons. The van der Waals surface area contributed by atoms with Crippen LogP contribution in [0.3, 0.4) is 0 Å². The molecule has 0 saturated heterocycles. The van der Waals surface area contributed by atoms with Crippen molar-refractivity contribution in [1.29, 1.82) is 0 Å². The van der Waals surface area contributed by atoms with Gasteiger partial charge in [0.1, 0.15) is 0 Å². The van der Waals surface area contributed by atoms with Crippen molar-refractivity contribution in [2.75, 3.05) is 23.3 Å². The molecule has 0 spiro atoms. The van der Waals surface area contributed by atoms with Crippen molar-refractivity contribution in [2.24, 2.45) is 5.92 Å². The zero-order chi connectivity index (χ0) is 22.5. The fraction of sp³-hybridized carbons (Fsp3) is 0.333. The number of anilines is 2. The van der Waals surface area contributed by atoms with Gasteiger partial charge in [-0.05, 0) is 80.6 Å². The molecular weight excluding hydrogens is 402 g/mol. The Hall–Kier alpha value is -3.20. The van der Waals surface area contributed by atoms with Crippen LogP contribution >= 0.6 is 0 Å². The summed E-state index contributed by atoms with van der Waals surface area (Å²) in [4.78, 5) is 2.44. The molecule has 0 fully saturated rings. The molecule has 1 aliphatic carbocycles. The van der Waals surface area contributed by atoms with Gasteiger partial charge >= 0.3 is 0 Å². The number of fused-ring (bicyclic) bond motifs is 6. The van der Waals surface area contributed by atoms with Gasteiger partial charge in [0.15, 0.2) is 0 Å². The Morgan fingerprint density at radius 3 is 2.55 bits per heavy atom. The van der Waals surface area contributed by atoms with Gasteiger partial charge in [-0.15, -0.1) is 0 Å². The minimum Gasteiger partial charge on any atom is -0.378 e. The van der Waals surface area contributed by atoms with Crippen LogP contribution in [0.25, 0.3) is 21.8 Å². The van der Waals surface area contributed by atoms with Crippen LogP contribution in [-0.4, -0.2) is 17.7 Å². The number of benzene rings is 3. The van der Waals surface area contributed by atoms with Crippen LogP contribution in [0.1, 0.15) is 50.3 Å². The molecule has 33 heavy (non-hydrogen) atoms. The Balaban J connectivity index is 1.44. The molecule has 0 saturated carbocycles. The highest BCUT2D eigenvalue weighted by Crippen LogP contribution is 2.51. The highest BCUT2D eigenvalue weighted by atomic mass is 15.1. The number of hydrogen-bond donors (Lipinski definition) is 1. The minimum absolute atomic E-state index is 0.324. The monoisotopic (exact) mass is 435 g/mol. The van der Waals surface area contributed by atoms with Crippen molar-refractivity contribution < 1.29 is 0 Å². The lowest BCUT2D eigenvalue weighted by molar-refractivity contribution is 0.426. The van der Waals surface area contributed by atoms with E-state index in [2.05, 4.69) is 108 Å². The maximum atomic E-state index is 3.96. The van der Waals surface area contributed by atoms with Crippen LogP contribution < -0.4 is 10.2 Å². The zero-order valence-electron chi connectivity index (χ0n) is 19.9. The standard InChI is InChI=1S/C30H33N3/c1-4-32(5-2)21-15-16-27-25(19-21)22-11-9-12-24(22)30(31-27)20-14-17-29-26(18-20)23-10-7-8-13-28(23)33(29)6-3/h7-11,13-19,22,24,30-31H,4-6,12H2,1-3H3. The Bertz CT molecular complexity index is 1360. The zero-order valence-corrected chi connectivity index (χ0v) is 19.9. The third-order valence-electron chi connectivity index (χ3n) is 7.95. The predicted octanol–water partition coefficient (Wildman–Crippen LogP) is 7.49. The maximum Gasteiger partial charge on any atom is 0.0554 e. The van der Waals surface area contributed by atoms with Crippen molar-refractivity contribution in [3.63, 3.8) is 0 Å². The lowest BCUT2D eigenvalue weighted by Gasteiger charge is -2.38. The van der Waals surface area contributed by atoms with E-state index in [0.29, 0.717) is 17.9 Å². The number of aromatic nitrogens is 1. The number of hydrogen-bond acceptors (Lipinski definition) is 2. The Morgan fingerprint density at radius 1 is 0.909 bits per heavy atom. The molecular formula is C30H33N3. The lowest BCUT2D eigenvalue weighted by atomic mass is 9.76. The quantitative estimate of drug-likeness (QED) is 0.328. The summed E-state index contributed by atoms with van der Waals surface area (Å²) in [5.41, 5.74) is 8.16. The molecule has 3 atom stereocenters. The lowest BCUT2D eigenvalue weighted by Crippen LogP contribution is -2.29. The van der Waals surface area contributed by atoms with E-state index in [0.717, 1.165) is 26.1 Å². The summed E-state index contributed by atoms with van der Waals surface area (Å²) in [7, 11) is 0. The van der Waals surface area contributed by atoms with Crippen LogP contribution in [0, 0.1) is 5.92 Å². The second kappa shape index (κ2) is 7.98. The highest BCUT2D eigenvalue weighted by Gasteiger charge is 2.38. The first-order valence-electron chi connectivity index (χ1n) is 12.6. The van der Waals surface area contributed by atoms with Crippen molar-refractivity contribution >= 4 is 33.2 Å². The molecule has 0 amide bonds. The van der Waals surface area contributed by atoms with E-state index in [1.807, 2.05) is 0 Å². The normalized spacial score (nSPS) is 21.2. The van der Waals surface area contributed by atoms with Crippen LogP contribution in [-0.2, 0) is 6.54 Å². The molecule has 3 heteroatoms. The van der Waals surface area contributed by atoms with Gasteiger partial charge in [0.25, 0.3) is 0 Å². The van der Waals surface area contributed by atoms with E-state index >= 15 is 0 Å². The number of nitrogens with zero attached hydrogens (tertiary/aromatic N) is 2. The first-order chi connectivity index (χ1) is 16.2. The average molecular weight is 436 g/mol. The fourth-order valence-corrected chi connectivity index (χ4v) is 6.30. The number of aryl methyl sites for hydroxylation is 1. The average Bonchev–Trinajstić information content (AvgIpc) is 3.47. The SMILES string of the molecule is CCN(CC)c1ccc2c(c1)C1C=CCC1C(c1ccc3c(c1)c1ccccc1n3CC)N2. The Kier molecular flexibility index (Phi) is 4.94. The fourth-order valence-electron chi connectivity index (χ4n) is 6.30. The number of allylic oxidation sites excluding steroid dienone is 2. The van der Waals surface area contributed by atoms with Crippen LogP contribution in [0.2, 0.25) is 0 Å². The van der Waals surface area contributed by atoms with E-state index < -0.39 is 0 Å². The molecule has 168 valence electrons. The van der Waals surface area contributed by atoms with Crippen LogP contribution in [0.5, 0.6) is 0 Å². The maximum absolute atomic E-state index is 3.96. The topological polar surface area (TPSA) is 20.2 Å². The molecule has 3 unspecified atom stereocenters. The molecule has 1 aliphatic heterocycles. The van der Waals surface area contributed by atoms with Gasteiger partial charge in [-0.2, -0.15) is 0 Å². The van der Waals surface area contributed by atoms with Crippen molar-refractivity contribution in [3.05, 3.63) is 83.9 Å². The predicted molar refractivity (Wildman–Crippen MR) is 141 cm³/mol. The van der Waals surface area contributed by atoms with E-state index in [-0.39, 0.29) is 0 Å². The highest BCUT2D eigenvalue weighted by molar-refractivity contribution is 6.08. The van der Waals surface area contributed by atoms with Gasteiger partial charge in [-0.3, -0.25) is 0 Å². The number of para-hydroxylation sites is 1. The van der Waals surface area contributed by atoms with Gasteiger partial charge in [0.05, 0.1) is 6.04 Å². The molecule has 1 N–H and O–H groups in total. The summed E-state index contributed by atoms with van der Waals surface area (Å²) < 4.78 is 2.44. The molecule has 3 aromatic carbocycles. The van der Waals surface area contributed by atoms with Gasteiger partial charge in [0.2, 0.25) is 0 Å². The van der Waals surface area contributed by atoms with E-state index in [9.17, 15) is 0 Å². The van der Waals surface area contributed by atoms with Gasteiger partial charge < -0.3 is 14.8 Å². The Morgan fingerprint density at radius 2 is 1.73 bits per heavy atom.